The van der Waals surface area contributed by atoms with E-state index in [1.165, 1.54) is 5.56 Å². The average molecular weight is 356 g/mol. The number of rotatable bonds is 6. The normalized spacial score (nSPS) is 17.9. The van der Waals surface area contributed by atoms with Gasteiger partial charge in [0.25, 0.3) is 6.43 Å². The van der Waals surface area contributed by atoms with Crippen LogP contribution < -0.4 is 10.0 Å². The standard InChI is InChI=1S/C15H18F2N4O2S/c16-15(17)10-21-9-12(7-19-21)24(22,23)20-8-14-13-4-2-1-3-11(13)5-6-18-14/h1-4,7,9,14-15,18,20H,5-6,8,10H2. The summed E-state index contributed by atoms with van der Waals surface area (Å²) in [5.74, 6) is 0. The van der Waals surface area contributed by atoms with Crippen LogP contribution in [0.1, 0.15) is 17.2 Å². The van der Waals surface area contributed by atoms with Crippen molar-refractivity contribution >= 4 is 10.0 Å². The van der Waals surface area contributed by atoms with Crippen molar-refractivity contribution in [3.63, 3.8) is 0 Å². The summed E-state index contributed by atoms with van der Waals surface area (Å²) >= 11 is 0. The average Bonchev–Trinajstić information content (AvgIpc) is 3.01. The van der Waals surface area contributed by atoms with Gasteiger partial charge in [0.15, 0.2) is 0 Å². The number of sulfonamides is 1. The number of nitrogens with one attached hydrogen (secondary N) is 2. The minimum absolute atomic E-state index is 0.118. The van der Waals surface area contributed by atoms with Crippen LogP contribution in [0, 0.1) is 0 Å². The van der Waals surface area contributed by atoms with E-state index < -0.39 is 23.0 Å². The molecule has 6 nitrogen and oxygen atoms in total. The number of fused-ring (bicyclic) bond motifs is 1. The van der Waals surface area contributed by atoms with Gasteiger partial charge in [0.05, 0.1) is 6.20 Å². The van der Waals surface area contributed by atoms with Crippen LogP contribution in [0.4, 0.5) is 8.78 Å². The molecular formula is C15H18F2N4O2S. The summed E-state index contributed by atoms with van der Waals surface area (Å²) in [6, 6.07) is 7.76. The number of hydrogen-bond acceptors (Lipinski definition) is 4. The van der Waals surface area contributed by atoms with Gasteiger partial charge in [-0.2, -0.15) is 5.10 Å². The minimum atomic E-state index is -3.80. The number of aromatic nitrogens is 2. The lowest BCUT2D eigenvalue weighted by Gasteiger charge is -2.27. The van der Waals surface area contributed by atoms with Crippen LogP contribution in [0.2, 0.25) is 0 Å². The lowest BCUT2D eigenvalue weighted by atomic mass is 9.95. The quantitative estimate of drug-likeness (QED) is 0.818. The third-order valence-electron chi connectivity index (χ3n) is 3.94. The predicted molar refractivity (Wildman–Crippen MR) is 84.3 cm³/mol. The first-order chi connectivity index (χ1) is 11.5. The Morgan fingerprint density at radius 1 is 1.38 bits per heavy atom. The molecule has 2 aromatic rings. The highest BCUT2D eigenvalue weighted by Crippen LogP contribution is 2.22. The van der Waals surface area contributed by atoms with Crippen molar-refractivity contribution in [1.82, 2.24) is 19.8 Å². The van der Waals surface area contributed by atoms with E-state index >= 15 is 0 Å². The van der Waals surface area contributed by atoms with Crippen LogP contribution in [0.3, 0.4) is 0 Å². The second-order valence-corrected chi connectivity index (χ2v) is 7.36. The van der Waals surface area contributed by atoms with E-state index in [1.807, 2.05) is 24.3 Å². The first kappa shape index (κ1) is 17.0. The highest BCUT2D eigenvalue weighted by atomic mass is 32.2. The largest absolute Gasteiger partial charge is 0.308 e. The smallest absolute Gasteiger partial charge is 0.257 e. The highest BCUT2D eigenvalue weighted by molar-refractivity contribution is 7.89. The molecule has 2 N–H and O–H groups in total. The first-order valence-corrected chi connectivity index (χ1v) is 9.05. The minimum Gasteiger partial charge on any atom is -0.308 e. The van der Waals surface area contributed by atoms with Gasteiger partial charge in [-0.25, -0.2) is 21.9 Å². The summed E-state index contributed by atoms with van der Waals surface area (Å²) in [5.41, 5.74) is 2.27. The Balaban J connectivity index is 1.69. The van der Waals surface area contributed by atoms with Crippen LogP contribution >= 0.6 is 0 Å². The molecule has 1 unspecified atom stereocenters. The molecule has 2 heterocycles. The molecule has 0 saturated heterocycles. The van der Waals surface area contributed by atoms with Crippen LogP contribution in [0.15, 0.2) is 41.6 Å². The molecule has 1 aliphatic heterocycles. The summed E-state index contributed by atoms with van der Waals surface area (Å²) < 4.78 is 52.7. The number of halogens is 2. The van der Waals surface area contributed by atoms with Crippen molar-refractivity contribution in [1.29, 1.82) is 0 Å². The van der Waals surface area contributed by atoms with Crippen molar-refractivity contribution < 1.29 is 17.2 Å². The lowest BCUT2D eigenvalue weighted by Crippen LogP contribution is -2.38. The van der Waals surface area contributed by atoms with E-state index in [-0.39, 0.29) is 17.5 Å². The summed E-state index contributed by atoms with van der Waals surface area (Å²) in [6.45, 7) is 0.322. The number of nitrogens with zero attached hydrogens (tertiary/aromatic N) is 2. The topological polar surface area (TPSA) is 76.0 Å². The van der Waals surface area contributed by atoms with Crippen LogP contribution in [0.25, 0.3) is 0 Å². The zero-order valence-corrected chi connectivity index (χ0v) is 13.6. The van der Waals surface area contributed by atoms with E-state index in [2.05, 4.69) is 15.1 Å². The SMILES string of the molecule is O=S(=O)(NCC1NCCc2ccccc21)c1cnn(CC(F)F)c1. The molecule has 1 aliphatic rings. The van der Waals surface area contributed by atoms with Gasteiger partial charge >= 0.3 is 0 Å². The number of hydrogen-bond donors (Lipinski definition) is 2. The Kier molecular flexibility index (Phi) is 4.93. The molecular weight excluding hydrogens is 338 g/mol. The Hall–Kier alpha value is -1.84. The van der Waals surface area contributed by atoms with Crippen molar-refractivity contribution in [2.75, 3.05) is 13.1 Å². The van der Waals surface area contributed by atoms with Gasteiger partial charge in [-0.3, -0.25) is 4.68 Å². The highest BCUT2D eigenvalue weighted by Gasteiger charge is 2.23. The third kappa shape index (κ3) is 3.80. The molecule has 3 rings (SSSR count). The van der Waals surface area contributed by atoms with Crippen molar-refractivity contribution in [2.45, 2.75) is 30.3 Å². The van der Waals surface area contributed by atoms with E-state index in [0.717, 1.165) is 35.6 Å². The summed E-state index contributed by atoms with van der Waals surface area (Å²) in [5, 5.41) is 6.94. The van der Waals surface area contributed by atoms with Crippen LogP contribution in [-0.4, -0.2) is 37.7 Å². The van der Waals surface area contributed by atoms with Crippen molar-refractivity contribution in [2.24, 2.45) is 0 Å². The Bertz CT molecular complexity index is 807. The zero-order valence-electron chi connectivity index (χ0n) is 12.8. The maximum absolute atomic E-state index is 12.3. The van der Waals surface area contributed by atoms with Crippen molar-refractivity contribution in [3.8, 4) is 0 Å². The molecule has 1 aromatic heterocycles. The number of benzene rings is 1. The first-order valence-electron chi connectivity index (χ1n) is 7.57. The molecule has 130 valence electrons. The fourth-order valence-electron chi connectivity index (χ4n) is 2.78. The van der Waals surface area contributed by atoms with E-state index in [0.29, 0.717) is 0 Å². The molecule has 0 saturated carbocycles. The van der Waals surface area contributed by atoms with E-state index in [1.54, 1.807) is 0 Å². The molecule has 24 heavy (non-hydrogen) atoms. The Morgan fingerprint density at radius 2 is 2.17 bits per heavy atom. The fourth-order valence-corrected chi connectivity index (χ4v) is 3.78. The van der Waals surface area contributed by atoms with E-state index in [9.17, 15) is 17.2 Å². The van der Waals surface area contributed by atoms with Gasteiger partial charge in [-0.05, 0) is 24.1 Å². The predicted octanol–water partition coefficient (Wildman–Crippen LogP) is 1.31. The van der Waals surface area contributed by atoms with Gasteiger partial charge in [0.2, 0.25) is 10.0 Å². The fraction of sp³-hybridized carbons (Fsp3) is 0.400. The van der Waals surface area contributed by atoms with Gasteiger partial charge in [-0.15, -0.1) is 0 Å². The van der Waals surface area contributed by atoms with Gasteiger partial charge < -0.3 is 5.32 Å². The van der Waals surface area contributed by atoms with Gasteiger partial charge in [0.1, 0.15) is 11.4 Å². The molecule has 0 radical (unpaired) electrons. The van der Waals surface area contributed by atoms with E-state index in [4.69, 9.17) is 0 Å². The summed E-state index contributed by atoms with van der Waals surface area (Å²) in [7, 11) is -3.80. The van der Waals surface area contributed by atoms with Gasteiger partial charge in [0, 0.05) is 18.8 Å². The second-order valence-electron chi connectivity index (χ2n) is 5.60. The molecule has 0 spiro atoms. The summed E-state index contributed by atoms with van der Waals surface area (Å²) in [4.78, 5) is -0.118. The second kappa shape index (κ2) is 6.96. The Morgan fingerprint density at radius 3 is 2.96 bits per heavy atom. The molecule has 0 bridgehead atoms. The zero-order chi connectivity index (χ0) is 17.2. The molecule has 0 aliphatic carbocycles. The van der Waals surface area contributed by atoms with Gasteiger partial charge in [-0.1, -0.05) is 24.3 Å². The molecule has 1 atom stereocenters. The third-order valence-corrected chi connectivity index (χ3v) is 5.32. The molecule has 1 aromatic carbocycles. The maximum atomic E-state index is 12.3. The molecule has 0 fully saturated rings. The van der Waals surface area contributed by atoms with Crippen LogP contribution in [0.5, 0.6) is 0 Å². The molecule has 0 amide bonds. The van der Waals surface area contributed by atoms with Crippen LogP contribution in [-0.2, 0) is 23.0 Å². The Labute approximate surface area is 138 Å². The molecule has 9 heteroatoms. The summed E-state index contributed by atoms with van der Waals surface area (Å²) in [6.07, 6.45) is 0.500. The monoisotopic (exact) mass is 356 g/mol. The maximum Gasteiger partial charge on any atom is 0.257 e. The lowest BCUT2D eigenvalue weighted by molar-refractivity contribution is 0.121. The number of alkyl halides is 2. The van der Waals surface area contributed by atoms with Crippen molar-refractivity contribution in [3.05, 3.63) is 47.8 Å².